The number of phenols is 1. The summed E-state index contributed by atoms with van der Waals surface area (Å²) in [5.41, 5.74) is 6.78. The van der Waals surface area contributed by atoms with E-state index >= 15 is 0 Å². The number of halogens is 1. The monoisotopic (exact) mass is 366 g/mol. The highest BCUT2D eigenvalue weighted by Gasteiger charge is 2.24. The van der Waals surface area contributed by atoms with Crippen LogP contribution in [0.25, 0.3) is 0 Å². The number of benzene rings is 2. The van der Waals surface area contributed by atoms with Gasteiger partial charge in [-0.2, -0.15) is 0 Å². The maximum absolute atomic E-state index is 10.9. The molecule has 0 saturated heterocycles. The third-order valence-electron chi connectivity index (χ3n) is 3.35. The SMILES string of the molecule is N[C@H](c1cc([N+](=O)[O-])cc(Br)c1O)[C@@H](O)Cc1ccccc1. The van der Waals surface area contributed by atoms with Crippen molar-refractivity contribution >= 4 is 21.6 Å². The van der Waals surface area contributed by atoms with Crippen molar-refractivity contribution < 1.29 is 15.1 Å². The lowest BCUT2D eigenvalue weighted by molar-refractivity contribution is -0.385. The Kier molecular flexibility index (Phi) is 5.12. The summed E-state index contributed by atoms with van der Waals surface area (Å²) in [6.45, 7) is 0. The van der Waals surface area contributed by atoms with Crippen LogP contribution in [0.3, 0.4) is 0 Å². The molecule has 116 valence electrons. The van der Waals surface area contributed by atoms with Crippen LogP contribution >= 0.6 is 15.9 Å². The quantitative estimate of drug-likeness (QED) is 0.556. The molecule has 2 rings (SSSR count). The molecule has 7 heteroatoms. The first-order valence-corrected chi connectivity index (χ1v) is 7.34. The van der Waals surface area contributed by atoms with Crippen LogP contribution in [-0.4, -0.2) is 21.2 Å². The van der Waals surface area contributed by atoms with E-state index in [2.05, 4.69) is 15.9 Å². The Hall–Kier alpha value is -1.96. The number of nitrogens with zero attached hydrogens (tertiary/aromatic N) is 1. The third kappa shape index (κ3) is 3.62. The highest BCUT2D eigenvalue weighted by Crippen LogP contribution is 2.36. The fraction of sp³-hybridized carbons (Fsp3) is 0.200. The van der Waals surface area contributed by atoms with Crippen molar-refractivity contribution in [3.05, 3.63) is 68.2 Å². The van der Waals surface area contributed by atoms with Gasteiger partial charge in [0.25, 0.3) is 5.69 Å². The van der Waals surface area contributed by atoms with Gasteiger partial charge in [0.1, 0.15) is 5.75 Å². The van der Waals surface area contributed by atoms with E-state index in [0.29, 0.717) is 0 Å². The number of phenolic OH excluding ortho intramolecular Hbond substituents is 1. The Bertz CT molecular complexity index is 679. The van der Waals surface area contributed by atoms with Crippen molar-refractivity contribution in [2.45, 2.75) is 18.6 Å². The predicted molar refractivity (Wildman–Crippen MR) is 85.5 cm³/mol. The molecule has 0 radical (unpaired) electrons. The van der Waals surface area contributed by atoms with E-state index in [1.165, 1.54) is 12.1 Å². The second-order valence-corrected chi connectivity index (χ2v) is 5.76. The van der Waals surface area contributed by atoms with Gasteiger partial charge in [0.2, 0.25) is 0 Å². The molecule has 0 amide bonds. The summed E-state index contributed by atoms with van der Waals surface area (Å²) in [5.74, 6) is -0.204. The number of aliphatic hydroxyl groups is 1. The van der Waals surface area contributed by atoms with Crippen LogP contribution < -0.4 is 5.73 Å². The second-order valence-electron chi connectivity index (χ2n) is 4.91. The lowest BCUT2D eigenvalue weighted by atomic mass is 9.96. The summed E-state index contributed by atoms with van der Waals surface area (Å²) in [6, 6.07) is 10.7. The zero-order chi connectivity index (χ0) is 16.3. The molecule has 0 saturated carbocycles. The zero-order valence-corrected chi connectivity index (χ0v) is 13.1. The van der Waals surface area contributed by atoms with Crippen molar-refractivity contribution in [2.24, 2.45) is 5.73 Å². The minimum absolute atomic E-state index is 0.129. The Balaban J connectivity index is 2.28. The molecule has 0 aliphatic heterocycles. The highest BCUT2D eigenvalue weighted by molar-refractivity contribution is 9.10. The first kappa shape index (κ1) is 16.4. The number of hydrogen-bond acceptors (Lipinski definition) is 5. The summed E-state index contributed by atoms with van der Waals surface area (Å²) >= 11 is 3.06. The van der Waals surface area contributed by atoms with Crippen molar-refractivity contribution in [3.63, 3.8) is 0 Å². The molecule has 22 heavy (non-hydrogen) atoms. The number of rotatable bonds is 5. The van der Waals surface area contributed by atoms with Crippen LogP contribution in [0.1, 0.15) is 17.2 Å². The summed E-state index contributed by atoms with van der Waals surface area (Å²) in [6.07, 6.45) is -0.705. The number of aliphatic hydroxyl groups excluding tert-OH is 1. The molecule has 2 aromatic rings. The molecule has 0 heterocycles. The van der Waals surface area contributed by atoms with Crippen molar-refractivity contribution in [1.82, 2.24) is 0 Å². The van der Waals surface area contributed by atoms with Gasteiger partial charge >= 0.3 is 0 Å². The van der Waals surface area contributed by atoms with Gasteiger partial charge < -0.3 is 15.9 Å². The van der Waals surface area contributed by atoms with Gasteiger partial charge in [0.15, 0.2) is 0 Å². The fourth-order valence-electron chi connectivity index (χ4n) is 2.15. The predicted octanol–water partition coefficient (Wildman–Crippen LogP) is 2.67. The normalized spacial score (nSPS) is 13.6. The molecule has 0 aliphatic rings. The lowest BCUT2D eigenvalue weighted by Crippen LogP contribution is -2.28. The maximum Gasteiger partial charge on any atom is 0.271 e. The maximum atomic E-state index is 10.9. The van der Waals surface area contributed by atoms with Crippen LogP contribution in [0.4, 0.5) is 5.69 Å². The fourth-order valence-corrected chi connectivity index (χ4v) is 2.62. The lowest BCUT2D eigenvalue weighted by Gasteiger charge is -2.20. The summed E-state index contributed by atoms with van der Waals surface area (Å²) in [4.78, 5) is 10.3. The number of aromatic hydroxyl groups is 1. The van der Waals surface area contributed by atoms with Gasteiger partial charge in [-0.15, -0.1) is 0 Å². The van der Waals surface area contributed by atoms with E-state index in [9.17, 15) is 20.3 Å². The molecular formula is C15H15BrN2O4. The topological polar surface area (TPSA) is 110 Å². The zero-order valence-electron chi connectivity index (χ0n) is 11.5. The first-order valence-electron chi connectivity index (χ1n) is 6.54. The standard InChI is InChI=1S/C15H15BrN2O4/c16-12-8-10(18(21)22)7-11(15(12)20)14(17)13(19)6-9-4-2-1-3-5-9/h1-5,7-8,13-14,19-20H,6,17H2/t13-,14+/m0/s1. The second kappa shape index (κ2) is 6.87. The van der Waals surface area contributed by atoms with Crippen LogP contribution in [0.5, 0.6) is 5.75 Å². The van der Waals surface area contributed by atoms with Crippen LogP contribution in [-0.2, 0) is 6.42 Å². The van der Waals surface area contributed by atoms with Crippen molar-refractivity contribution in [2.75, 3.05) is 0 Å². The van der Waals surface area contributed by atoms with E-state index in [4.69, 9.17) is 5.73 Å². The number of nitro groups is 1. The average Bonchev–Trinajstić information content (AvgIpc) is 2.50. The highest BCUT2D eigenvalue weighted by atomic mass is 79.9. The molecule has 0 aromatic heterocycles. The Morgan fingerprint density at radius 3 is 2.50 bits per heavy atom. The van der Waals surface area contributed by atoms with Gasteiger partial charge in [-0.3, -0.25) is 10.1 Å². The van der Waals surface area contributed by atoms with Crippen LogP contribution in [0, 0.1) is 10.1 Å². The molecule has 0 bridgehead atoms. The third-order valence-corrected chi connectivity index (χ3v) is 3.95. The number of nitrogens with two attached hydrogens (primary N) is 1. The largest absolute Gasteiger partial charge is 0.506 e. The Morgan fingerprint density at radius 2 is 1.91 bits per heavy atom. The smallest absolute Gasteiger partial charge is 0.271 e. The van der Waals surface area contributed by atoms with Gasteiger partial charge in [-0.1, -0.05) is 30.3 Å². The van der Waals surface area contributed by atoms with Gasteiger partial charge in [0, 0.05) is 24.1 Å². The van der Waals surface area contributed by atoms with Gasteiger partial charge in [-0.25, -0.2) is 0 Å². The van der Waals surface area contributed by atoms with Crippen LogP contribution in [0.2, 0.25) is 0 Å². The molecule has 0 aliphatic carbocycles. The van der Waals surface area contributed by atoms with Crippen LogP contribution in [0.15, 0.2) is 46.9 Å². The summed E-state index contributed by atoms with van der Waals surface area (Å²) in [5, 5.41) is 31.2. The number of nitro benzene ring substituents is 1. The van der Waals surface area contributed by atoms with E-state index in [-0.39, 0.29) is 27.9 Å². The van der Waals surface area contributed by atoms with Gasteiger partial charge in [-0.05, 0) is 21.5 Å². The number of hydrogen-bond donors (Lipinski definition) is 3. The van der Waals surface area contributed by atoms with E-state index in [1.807, 2.05) is 30.3 Å². The summed E-state index contributed by atoms with van der Waals surface area (Å²) < 4.78 is 0.166. The van der Waals surface area contributed by atoms with Gasteiger partial charge in [0.05, 0.1) is 21.5 Å². The first-order chi connectivity index (χ1) is 10.4. The molecule has 0 unspecified atom stereocenters. The van der Waals surface area contributed by atoms with E-state index < -0.39 is 17.1 Å². The van der Waals surface area contributed by atoms with E-state index in [0.717, 1.165) is 5.56 Å². The Labute approximate surface area is 135 Å². The Morgan fingerprint density at radius 1 is 1.27 bits per heavy atom. The molecule has 6 nitrogen and oxygen atoms in total. The molecule has 2 aromatic carbocycles. The molecule has 4 N–H and O–H groups in total. The van der Waals surface area contributed by atoms with E-state index in [1.54, 1.807) is 0 Å². The molecule has 2 atom stereocenters. The van der Waals surface area contributed by atoms with Crippen molar-refractivity contribution in [3.8, 4) is 5.75 Å². The average molecular weight is 367 g/mol. The minimum atomic E-state index is -0.984. The minimum Gasteiger partial charge on any atom is -0.506 e. The van der Waals surface area contributed by atoms with Crippen molar-refractivity contribution in [1.29, 1.82) is 0 Å². The number of non-ortho nitro benzene ring substituents is 1. The molecular weight excluding hydrogens is 352 g/mol. The summed E-state index contributed by atoms with van der Waals surface area (Å²) in [7, 11) is 0. The molecule has 0 spiro atoms. The molecule has 0 fully saturated rings.